The molecule has 0 bridgehead atoms. The summed E-state index contributed by atoms with van der Waals surface area (Å²) in [6, 6.07) is 11.9. The molecule has 0 amide bonds. The van der Waals surface area contributed by atoms with E-state index in [1.807, 2.05) is 13.1 Å². The van der Waals surface area contributed by atoms with Gasteiger partial charge in [-0.05, 0) is 77.0 Å². The zero-order valence-electron chi connectivity index (χ0n) is 12.1. The smallest absolute Gasteiger partial charge is 0.137 e. The van der Waals surface area contributed by atoms with E-state index in [0.29, 0.717) is 4.47 Å². The fraction of sp³-hybridized carbons (Fsp3) is 0.333. The minimum Gasteiger partial charge on any atom is -0.309 e. The molecular formula is C18H19BrFN. The molecule has 21 heavy (non-hydrogen) atoms. The molecule has 0 saturated carbocycles. The van der Waals surface area contributed by atoms with Crippen LogP contribution in [0.5, 0.6) is 0 Å². The average molecular weight is 348 g/mol. The Labute approximate surface area is 133 Å². The minimum absolute atomic E-state index is 0.00213. The number of fused-ring (bicyclic) bond motifs is 1. The maximum atomic E-state index is 13.8. The molecule has 0 saturated heterocycles. The van der Waals surface area contributed by atoms with E-state index in [9.17, 15) is 4.39 Å². The van der Waals surface area contributed by atoms with E-state index < -0.39 is 0 Å². The summed E-state index contributed by atoms with van der Waals surface area (Å²) in [7, 11) is 1.92. The van der Waals surface area contributed by atoms with E-state index in [1.54, 1.807) is 6.07 Å². The summed E-state index contributed by atoms with van der Waals surface area (Å²) in [5.74, 6) is -0.217. The van der Waals surface area contributed by atoms with Crippen molar-refractivity contribution in [3.05, 3.63) is 68.9 Å². The molecule has 0 fully saturated rings. The van der Waals surface area contributed by atoms with Crippen LogP contribution in [0.3, 0.4) is 0 Å². The monoisotopic (exact) mass is 347 g/mol. The molecule has 2 aromatic rings. The highest BCUT2D eigenvalue weighted by atomic mass is 79.9. The predicted octanol–water partition coefficient (Wildman–Crippen LogP) is 4.78. The van der Waals surface area contributed by atoms with Crippen LogP contribution in [0.15, 0.2) is 40.9 Å². The summed E-state index contributed by atoms with van der Waals surface area (Å²) in [6.45, 7) is 0. The number of hydrogen-bond donors (Lipinski definition) is 1. The van der Waals surface area contributed by atoms with Crippen LogP contribution in [0, 0.1) is 5.82 Å². The maximum Gasteiger partial charge on any atom is 0.137 e. The third-order valence-corrected chi connectivity index (χ3v) is 5.12. The van der Waals surface area contributed by atoms with Gasteiger partial charge in [0.05, 0.1) is 10.5 Å². The zero-order chi connectivity index (χ0) is 14.8. The molecule has 0 aliphatic heterocycles. The molecule has 3 heteroatoms. The highest BCUT2D eigenvalue weighted by Crippen LogP contribution is 2.32. The molecule has 1 unspecified atom stereocenters. The van der Waals surface area contributed by atoms with E-state index >= 15 is 0 Å². The predicted molar refractivity (Wildman–Crippen MR) is 88.1 cm³/mol. The summed E-state index contributed by atoms with van der Waals surface area (Å²) in [5, 5.41) is 3.31. The molecule has 1 atom stereocenters. The van der Waals surface area contributed by atoms with E-state index in [0.717, 1.165) is 12.0 Å². The third-order valence-electron chi connectivity index (χ3n) is 4.29. The fourth-order valence-electron chi connectivity index (χ4n) is 3.18. The third kappa shape index (κ3) is 2.90. The molecule has 1 nitrogen and oxygen atoms in total. The van der Waals surface area contributed by atoms with E-state index in [1.165, 1.54) is 42.0 Å². The van der Waals surface area contributed by atoms with Crippen LogP contribution >= 0.6 is 15.9 Å². The van der Waals surface area contributed by atoms with Crippen molar-refractivity contribution in [1.82, 2.24) is 5.32 Å². The quantitative estimate of drug-likeness (QED) is 0.842. The topological polar surface area (TPSA) is 12.0 Å². The van der Waals surface area contributed by atoms with Gasteiger partial charge in [-0.2, -0.15) is 0 Å². The number of benzene rings is 2. The van der Waals surface area contributed by atoms with Gasteiger partial charge in [-0.25, -0.2) is 4.39 Å². The normalized spacial score (nSPS) is 15.6. The Morgan fingerprint density at radius 1 is 1.10 bits per heavy atom. The first-order valence-electron chi connectivity index (χ1n) is 7.43. The van der Waals surface area contributed by atoms with Crippen molar-refractivity contribution in [1.29, 1.82) is 0 Å². The molecule has 0 heterocycles. The molecule has 0 spiro atoms. The van der Waals surface area contributed by atoms with Gasteiger partial charge in [0.25, 0.3) is 0 Å². The molecule has 0 aromatic heterocycles. The number of nitrogens with one attached hydrogen (secondary N) is 1. The lowest BCUT2D eigenvalue weighted by molar-refractivity contribution is 0.607. The molecule has 0 radical (unpaired) electrons. The van der Waals surface area contributed by atoms with Crippen LogP contribution < -0.4 is 5.32 Å². The highest BCUT2D eigenvalue weighted by Gasteiger charge is 2.19. The van der Waals surface area contributed by atoms with Crippen LogP contribution in [-0.4, -0.2) is 7.05 Å². The van der Waals surface area contributed by atoms with Gasteiger partial charge in [0.2, 0.25) is 0 Å². The SMILES string of the molecule is CNC(c1ccc2c(c1)CCCC2)c1cccc(F)c1Br. The molecule has 110 valence electrons. The van der Waals surface area contributed by atoms with Crippen molar-refractivity contribution in [2.45, 2.75) is 31.7 Å². The zero-order valence-corrected chi connectivity index (χ0v) is 13.7. The highest BCUT2D eigenvalue weighted by molar-refractivity contribution is 9.10. The van der Waals surface area contributed by atoms with Gasteiger partial charge < -0.3 is 5.32 Å². The summed E-state index contributed by atoms with van der Waals surface area (Å²) in [4.78, 5) is 0. The molecule has 1 N–H and O–H groups in total. The minimum atomic E-state index is -0.217. The first kappa shape index (κ1) is 14.7. The van der Waals surface area contributed by atoms with Gasteiger partial charge in [-0.1, -0.05) is 30.3 Å². The Bertz CT molecular complexity index is 654. The number of hydrogen-bond acceptors (Lipinski definition) is 1. The van der Waals surface area contributed by atoms with Crippen molar-refractivity contribution in [2.24, 2.45) is 0 Å². The molecule has 1 aliphatic rings. The van der Waals surface area contributed by atoms with Gasteiger partial charge >= 0.3 is 0 Å². The van der Waals surface area contributed by atoms with Gasteiger partial charge in [0.15, 0.2) is 0 Å². The summed E-state index contributed by atoms with van der Waals surface area (Å²) < 4.78 is 14.3. The Kier molecular flexibility index (Phi) is 4.41. The maximum absolute atomic E-state index is 13.8. The van der Waals surface area contributed by atoms with Gasteiger partial charge in [0.1, 0.15) is 5.82 Å². The van der Waals surface area contributed by atoms with E-state index in [4.69, 9.17) is 0 Å². The lowest BCUT2D eigenvalue weighted by Crippen LogP contribution is -2.19. The Hall–Kier alpha value is -1.19. The second-order valence-electron chi connectivity index (χ2n) is 5.60. The first-order valence-corrected chi connectivity index (χ1v) is 8.23. The second kappa shape index (κ2) is 6.29. The van der Waals surface area contributed by atoms with Crippen molar-refractivity contribution in [3.8, 4) is 0 Å². The Morgan fingerprint density at radius 3 is 2.62 bits per heavy atom. The van der Waals surface area contributed by atoms with Crippen LogP contribution in [0.25, 0.3) is 0 Å². The van der Waals surface area contributed by atoms with Gasteiger partial charge in [-0.3, -0.25) is 0 Å². The second-order valence-corrected chi connectivity index (χ2v) is 6.39. The number of halogens is 2. The Balaban J connectivity index is 2.02. The summed E-state index contributed by atoms with van der Waals surface area (Å²) >= 11 is 3.38. The average Bonchev–Trinajstić information content (AvgIpc) is 2.52. The number of aryl methyl sites for hydroxylation is 2. The van der Waals surface area contributed by atoms with Crippen LogP contribution in [0.2, 0.25) is 0 Å². The van der Waals surface area contributed by atoms with E-state index in [2.05, 4.69) is 39.4 Å². The standard InChI is InChI=1S/C18H19BrFN/c1-21-18(15-7-4-8-16(20)17(15)19)14-10-9-12-5-2-3-6-13(12)11-14/h4,7-11,18,21H,2-3,5-6H2,1H3. The fourth-order valence-corrected chi connectivity index (χ4v) is 3.67. The molecule has 2 aromatic carbocycles. The lowest BCUT2D eigenvalue weighted by atomic mass is 9.88. The van der Waals surface area contributed by atoms with Gasteiger partial charge in [0, 0.05) is 0 Å². The van der Waals surface area contributed by atoms with Crippen molar-refractivity contribution < 1.29 is 4.39 Å². The molecular weight excluding hydrogens is 329 g/mol. The number of rotatable bonds is 3. The summed E-state index contributed by atoms with van der Waals surface area (Å²) in [6.07, 6.45) is 4.90. The first-order chi connectivity index (χ1) is 10.2. The lowest BCUT2D eigenvalue weighted by Gasteiger charge is -2.22. The van der Waals surface area contributed by atoms with Crippen LogP contribution in [0.4, 0.5) is 4.39 Å². The largest absolute Gasteiger partial charge is 0.309 e. The van der Waals surface area contributed by atoms with Crippen LogP contribution in [-0.2, 0) is 12.8 Å². The molecule has 3 rings (SSSR count). The van der Waals surface area contributed by atoms with Crippen molar-refractivity contribution in [2.75, 3.05) is 7.05 Å². The van der Waals surface area contributed by atoms with E-state index in [-0.39, 0.29) is 11.9 Å². The summed E-state index contributed by atoms with van der Waals surface area (Å²) in [5.41, 5.74) is 5.06. The van der Waals surface area contributed by atoms with Crippen molar-refractivity contribution >= 4 is 15.9 Å². The van der Waals surface area contributed by atoms with Crippen LogP contribution in [0.1, 0.15) is 41.1 Å². The molecule has 1 aliphatic carbocycles. The Morgan fingerprint density at radius 2 is 1.86 bits per heavy atom. The van der Waals surface area contributed by atoms with Crippen molar-refractivity contribution in [3.63, 3.8) is 0 Å². The van der Waals surface area contributed by atoms with Gasteiger partial charge in [-0.15, -0.1) is 0 Å².